The molecular formula is C6H5NNa2O4S. The van der Waals surface area contributed by atoms with Gasteiger partial charge in [-0.1, -0.05) is 6.07 Å². The van der Waals surface area contributed by atoms with E-state index in [0.29, 0.717) is 0 Å². The van der Waals surface area contributed by atoms with Crippen LogP contribution in [-0.4, -0.2) is 10.5 Å². The monoisotopic (exact) mass is 233 g/mol. The van der Waals surface area contributed by atoms with Crippen molar-refractivity contribution in [3.05, 3.63) is 17.8 Å². The van der Waals surface area contributed by atoms with E-state index in [2.05, 4.69) is 0 Å². The van der Waals surface area contributed by atoms with Gasteiger partial charge in [0.2, 0.25) is 0 Å². The van der Waals surface area contributed by atoms with Crippen molar-refractivity contribution in [2.45, 2.75) is 5.03 Å². The van der Waals surface area contributed by atoms with Gasteiger partial charge in [-0.15, -0.1) is 0 Å². The van der Waals surface area contributed by atoms with Crippen molar-refractivity contribution in [3.63, 3.8) is 0 Å². The van der Waals surface area contributed by atoms with Crippen LogP contribution in [0, 0.1) is 0 Å². The maximum absolute atomic E-state index is 10.4. The first-order chi connectivity index (χ1) is 5.54. The van der Waals surface area contributed by atoms with Crippen LogP contribution < -0.4 is 64.2 Å². The van der Waals surface area contributed by atoms with Crippen LogP contribution in [0.25, 0.3) is 0 Å². The topological polar surface area (TPSA) is 79.2 Å². The molecule has 66 valence electrons. The SMILES string of the molecule is Cn1c(C(=O)[O-])ccc1[S-](=O)=O.[Na+].[Na+]. The summed E-state index contributed by atoms with van der Waals surface area (Å²) in [4.78, 5) is 10.3. The van der Waals surface area contributed by atoms with Gasteiger partial charge in [-0.25, -0.2) is 0 Å². The molecule has 1 aromatic rings. The van der Waals surface area contributed by atoms with Crippen molar-refractivity contribution >= 4 is 16.7 Å². The summed E-state index contributed by atoms with van der Waals surface area (Å²) in [5.74, 6) is -1.39. The zero-order chi connectivity index (χ0) is 9.30. The molecule has 5 nitrogen and oxygen atoms in total. The molecule has 0 saturated heterocycles. The molecule has 0 bridgehead atoms. The number of aromatic carboxylic acids is 1. The minimum atomic E-state index is -2.41. The van der Waals surface area contributed by atoms with Gasteiger partial charge in [0.15, 0.2) is 0 Å². The van der Waals surface area contributed by atoms with E-state index >= 15 is 0 Å². The Kier molecular flexibility index (Phi) is 8.62. The molecular weight excluding hydrogens is 228 g/mol. The molecule has 0 saturated carbocycles. The van der Waals surface area contributed by atoms with Gasteiger partial charge in [0, 0.05) is 7.05 Å². The molecule has 0 unspecified atom stereocenters. The molecule has 0 aliphatic carbocycles. The van der Waals surface area contributed by atoms with Gasteiger partial charge in [0.25, 0.3) is 0 Å². The predicted octanol–water partition coefficient (Wildman–Crippen LogP) is -6.94. The van der Waals surface area contributed by atoms with Crippen LogP contribution in [0.5, 0.6) is 0 Å². The van der Waals surface area contributed by atoms with E-state index in [4.69, 9.17) is 0 Å². The quantitative estimate of drug-likeness (QED) is 0.375. The Morgan fingerprint density at radius 3 is 2.07 bits per heavy atom. The number of hydrogen-bond acceptors (Lipinski definition) is 5. The summed E-state index contributed by atoms with van der Waals surface area (Å²) in [5.41, 5.74) is -0.158. The largest absolute Gasteiger partial charge is 1.00 e. The normalized spacial score (nSPS) is 9.00. The molecule has 0 amide bonds. The molecule has 1 aromatic heterocycles. The van der Waals surface area contributed by atoms with Gasteiger partial charge in [-0.05, 0) is 21.8 Å². The fraction of sp³-hybridized carbons (Fsp3) is 0.167. The average Bonchev–Trinajstić information content (AvgIpc) is 2.30. The summed E-state index contributed by atoms with van der Waals surface area (Å²) in [6.07, 6.45) is 0. The van der Waals surface area contributed by atoms with Crippen molar-refractivity contribution in [2.75, 3.05) is 0 Å². The van der Waals surface area contributed by atoms with E-state index in [9.17, 15) is 18.3 Å². The van der Waals surface area contributed by atoms with E-state index in [0.717, 1.165) is 4.57 Å². The molecule has 0 aliphatic rings. The number of carbonyl (C=O) groups excluding carboxylic acids is 1. The Morgan fingerprint density at radius 2 is 1.86 bits per heavy atom. The Bertz CT molecular complexity index is 391. The van der Waals surface area contributed by atoms with E-state index in [1.807, 2.05) is 0 Å². The van der Waals surface area contributed by atoms with Gasteiger partial charge in [0.1, 0.15) is 0 Å². The molecule has 1 heterocycles. The van der Waals surface area contributed by atoms with Gasteiger partial charge in [-0.3, -0.25) is 0 Å². The minimum absolute atomic E-state index is 0. The molecule has 0 aromatic carbocycles. The first-order valence-corrected chi connectivity index (χ1v) is 4.08. The summed E-state index contributed by atoms with van der Waals surface area (Å²) in [7, 11) is -1.07. The van der Waals surface area contributed by atoms with Crippen LogP contribution >= 0.6 is 0 Å². The van der Waals surface area contributed by atoms with Crippen molar-refractivity contribution in [3.8, 4) is 0 Å². The van der Waals surface area contributed by atoms with E-state index in [1.165, 1.54) is 19.2 Å². The summed E-state index contributed by atoms with van der Waals surface area (Å²) in [5, 5.41) is 10.2. The number of nitrogens with zero attached hydrogens (tertiary/aromatic N) is 1. The molecule has 14 heavy (non-hydrogen) atoms. The third kappa shape index (κ3) is 3.69. The van der Waals surface area contributed by atoms with E-state index < -0.39 is 16.7 Å². The number of carboxylic acids is 1. The van der Waals surface area contributed by atoms with Crippen LogP contribution in [0.2, 0.25) is 0 Å². The number of aromatic nitrogens is 1. The van der Waals surface area contributed by atoms with Crippen molar-refractivity contribution in [2.24, 2.45) is 7.05 Å². The third-order valence-corrected chi connectivity index (χ3v) is 2.21. The molecule has 0 radical (unpaired) electrons. The van der Waals surface area contributed by atoms with E-state index in [1.54, 1.807) is 0 Å². The number of carboxylic acid groups (broad SMARTS) is 1. The zero-order valence-corrected chi connectivity index (χ0v) is 13.0. The summed E-state index contributed by atoms with van der Waals surface area (Å²) in [6.45, 7) is 0. The summed E-state index contributed by atoms with van der Waals surface area (Å²) >= 11 is 0. The maximum atomic E-state index is 10.4. The Labute approximate surface area is 127 Å². The van der Waals surface area contributed by atoms with Crippen molar-refractivity contribution in [1.82, 2.24) is 4.57 Å². The molecule has 0 atom stereocenters. The number of carbonyl (C=O) groups is 1. The fourth-order valence-corrected chi connectivity index (χ4v) is 1.37. The van der Waals surface area contributed by atoms with E-state index in [-0.39, 0.29) is 69.8 Å². The first-order valence-electron chi connectivity index (χ1n) is 3.00. The molecule has 8 heteroatoms. The number of hydrogen-bond donors (Lipinski definition) is 0. The van der Waals surface area contributed by atoms with Gasteiger partial charge >= 0.3 is 59.1 Å². The maximum Gasteiger partial charge on any atom is 1.00 e. The predicted molar refractivity (Wildman–Crippen MR) is 36.7 cm³/mol. The van der Waals surface area contributed by atoms with Crippen molar-refractivity contribution in [1.29, 1.82) is 0 Å². The average molecular weight is 233 g/mol. The molecule has 0 N–H and O–H groups in total. The van der Waals surface area contributed by atoms with Crippen LogP contribution in [0.3, 0.4) is 0 Å². The molecule has 1 rings (SSSR count). The Balaban J connectivity index is 0. The second kappa shape index (κ2) is 7.05. The zero-order valence-electron chi connectivity index (χ0n) is 8.14. The fourth-order valence-electron chi connectivity index (χ4n) is 0.865. The Morgan fingerprint density at radius 1 is 1.36 bits per heavy atom. The second-order valence-corrected chi connectivity index (χ2v) is 3.03. The van der Waals surface area contributed by atoms with Gasteiger partial charge in [0.05, 0.1) is 11.7 Å². The smallest absolute Gasteiger partial charge is 0.543 e. The number of rotatable bonds is 2. The van der Waals surface area contributed by atoms with Gasteiger partial charge in [-0.2, -0.15) is 0 Å². The summed E-state index contributed by atoms with van der Waals surface area (Å²) < 4.78 is 21.9. The first kappa shape index (κ1) is 17.1. The van der Waals surface area contributed by atoms with Crippen LogP contribution in [-0.2, 0) is 26.2 Å². The second-order valence-electron chi connectivity index (χ2n) is 2.14. The van der Waals surface area contributed by atoms with Crippen LogP contribution in [0.1, 0.15) is 10.5 Å². The molecule has 0 fully saturated rings. The third-order valence-electron chi connectivity index (χ3n) is 1.46. The van der Waals surface area contributed by atoms with Crippen LogP contribution in [0.15, 0.2) is 17.2 Å². The minimum Gasteiger partial charge on any atom is -0.543 e. The van der Waals surface area contributed by atoms with Crippen LogP contribution in [0.4, 0.5) is 0 Å². The Hall–Kier alpha value is 0.700. The van der Waals surface area contributed by atoms with Crippen molar-refractivity contribution < 1.29 is 77.4 Å². The molecule has 0 spiro atoms. The summed E-state index contributed by atoms with van der Waals surface area (Å²) in [6, 6.07) is 2.38. The molecule has 0 aliphatic heterocycles. The van der Waals surface area contributed by atoms with Gasteiger partial charge < -0.3 is 22.9 Å². The standard InChI is InChI=1S/C6H6NO4S.2Na/c1-7-4(6(8)9)2-3-5(7)12(10)11;;/h2-3H,1H3,(H,8,9);;/q-1;2*+1/p-1.